The molecule has 3 aromatic rings. The zero-order valence-electron chi connectivity index (χ0n) is 17.3. The van der Waals surface area contributed by atoms with Crippen molar-refractivity contribution in [2.45, 2.75) is 26.2 Å². The van der Waals surface area contributed by atoms with E-state index in [2.05, 4.69) is 0 Å². The van der Waals surface area contributed by atoms with Crippen LogP contribution in [0.4, 0.5) is 10.1 Å². The summed E-state index contributed by atoms with van der Waals surface area (Å²) in [7, 11) is -3.47. The Balaban J connectivity index is 1.94. The Bertz CT molecular complexity index is 1180. The van der Waals surface area contributed by atoms with Crippen LogP contribution in [0.15, 0.2) is 40.8 Å². The van der Waals surface area contributed by atoms with Gasteiger partial charge in [0.25, 0.3) is 10.1 Å². The van der Waals surface area contributed by atoms with Gasteiger partial charge in [0.2, 0.25) is 0 Å². The zero-order valence-corrected chi connectivity index (χ0v) is 18.1. The number of furan rings is 1. The Morgan fingerprint density at radius 2 is 1.87 bits per heavy atom. The minimum absolute atomic E-state index is 0.0927. The van der Waals surface area contributed by atoms with E-state index in [0.29, 0.717) is 41.5 Å². The van der Waals surface area contributed by atoms with Crippen molar-refractivity contribution >= 4 is 32.7 Å². The van der Waals surface area contributed by atoms with Crippen molar-refractivity contribution in [1.29, 1.82) is 0 Å². The van der Waals surface area contributed by atoms with Crippen molar-refractivity contribution in [3.05, 3.63) is 53.3 Å². The summed E-state index contributed by atoms with van der Waals surface area (Å²) in [5.41, 5.74) is 8.67. The topological polar surface area (TPSA) is 109 Å². The fourth-order valence-electron chi connectivity index (χ4n) is 3.26. The molecule has 31 heavy (non-hydrogen) atoms. The Hall–Kier alpha value is -2.91. The number of ether oxygens (including phenoxy) is 1. The number of hydrogen-bond acceptors (Lipinski definition) is 7. The third kappa shape index (κ3) is 5.62. The third-order valence-electron chi connectivity index (χ3n) is 4.67. The van der Waals surface area contributed by atoms with Crippen LogP contribution < -0.4 is 5.73 Å². The smallest absolute Gasteiger partial charge is 0.342 e. The van der Waals surface area contributed by atoms with Gasteiger partial charge in [-0.15, -0.1) is 0 Å². The second-order valence-corrected chi connectivity index (χ2v) is 8.71. The lowest BCUT2D eigenvalue weighted by molar-refractivity contribution is 0.0528. The number of hydrogen-bond donors (Lipinski definition) is 1. The molecule has 1 aromatic heterocycles. The largest absolute Gasteiger partial charge is 0.462 e. The number of unbranched alkanes of at least 4 members (excludes halogenated alkanes) is 1. The van der Waals surface area contributed by atoms with Crippen LogP contribution >= 0.6 is 0 Å². The molecule has 0 saturated heterocycles. The summed E-state index contributed by atoms with van der Waals surface area (Å²) in [6.07, 6.45) is 2.74. The summed E-state index contributed by atoms with van der Waals surface area (Å²) in [5, 5.41) is 0.550. The molecule has 0 aliphatic heterocycles. The molecule has 0 amide bonds. The molecule has 2 aromatic carbocycles. The quantitative estimate of drug-likeness (QED) is 0.225. The Kier molecular flexibility index (Phi) is 6.97. The highest BCUT2D eigenvalue weighted by atomic mass is 32.2. The molecule has 0 radical (unpaired) electrons. The monoisotopic (exact) mass is 449 g/mol. The highest BCUT2D eigenvalue weighted by Gasteiger charge is 2.24. The SMILES string of the molecule is CCOC(=O)c1c(-c2ccc(F)cc2)oc2cc(N)c(CCCCOS(C)(=O)=O)cc12. The lowest BCUT2D eigenvalue weighted by Crippen LogP contribution is -2.06. The van der Waals surface area contributed by atoms with Gasteiger partial charge in [0.15, 0.2) is 0 Å². The first-order chi connectivity index (χ1) is 14.7. The minimum atomic E-state index is -3.47. The maximum absolute atomic E-state index is 13.4. The van der Waals surface area contributed by atoms with Crippen LogP contribution in [-0.4, -0.2) is 33.9 Å². The van der Waals surface area contributed by atoms with E-state index in [-0.39, 0.29) is 24.5 Å². The maximum Gasteiger partial charge on any atom is 0.342 e. The molecule has 7 nitrogen and oxygen atoms in total. The Morgan fingerprint density at radius 1 is 1.16 bits per heavy atom. The van der Waals surface area contributed by atoms with Gasteiger partial charge in [0.05, 0.1) is 19.5 Å². The summed E-state index contributed by atoms with van der Waals surface area (Å²) >= 11 is 0. The van der Waals surface area contributed by atoms with Crippen LogP contribution in [0.25, 0.3) is 22.3 Å². The van der Waals surface area contributed by atoms with Gasteiger partial charge in [-0.05, 0) is 62.1 Å². The van der Waals surface area contributed by atoms with Gasteiger partial charge < -0.3 is 14.9 Å². The summed E-state index contributed by atoms with van der Waals surface area (Å²) in [5.74, 6) is -0.659. The van der Waals surface area contributed by atoms with Crippen LogP contribution in [0.1, 0.15) is 35.7 Å². The molecule has 1 heterocycles. The third-order valence-corrected chi connectivity index (χ3v) is 5.27. The number of nitrogen functional groups attached to an aromatic ring is 1. The van der Waals surface area contributed by atoms with Gasteiger partial charge >= 0.3 is 5.97 Å². The fraction of sp³-hybridized carbons (Fsp3) is 0.318. The predicted octanol–water partition coefficient (Wildman–Crippen LogP) is 4.30. The molecule has 0 aliphatic carbocycles. The number of benzene rings is 2. The highest BCUT2D eigenvalue weighted by Crippen LogP contribution is 2.36. The van der Waals surface area contributed by atoms with E-state index in [4.69, 9.17) is 19.1 Å². The van der Waals surface area contributed by atoms with E-state index in [1.54, 1.807) is 19.1 Å². The first kappa shape index (κ1) is 22.8. The van der Waals surface area contributed by atoms with E-state index in [0.717, 1.165) is 11.8 Å². The van der Waals surface area contributed by atoms with Gasteiger partial charge in [-0.2, -0.15) is 8.42 Å². The molecule has 0 aliphatic rings. The normalized spacial score (nSPS) is 11.7. The van der Waals surface area contributed by atoms with Gasteiger partial charge in [0.1, 0.15) is 22.7 Å². The first-order valence-electron chi connectivity index (χ1n) is 9.82. The molecule has 0 unspecified atom stereocenters. The zero-order chi connectivity index (χ0) is 22.6. The number of esters is 1. The number of anilines is 1. The highest BCUT2D eigenvalue weighted by molar-refractivity contribution is 7.85. The molecule has 0 fully saturated rings. The number of carbonyl (C=O) groups excluding carboxylic acids is 1. The van der Waals surface area contributed by atoms with E-state index >= 15 is 0 Å². The Morgan fingerprint density at radius 3 is 2.52 bits per heavy atom. The molecule has 166 valence electrons. The molecule has 2 N–H and O–H groups in total. The molecule has 3 rings (SSSR count). The molecule has 0 bridgehead atoms. The number of carbonyl (C=O) groups is 1. The van der Waals surface area contributed by atoms with E-state index in [1.165, 1.54) is 24.3 Å². The second-order valence-electron chi connectivity index (χ2n) is 7.06. The summed E-state index contributed by atoms with van der Waals surface area (Å²) < 4.78 is 51.3. The lowest BCUT2D eigenvalue weighted by atomic mass is 10.0. The van der Waals surface area contributed by atoms with Crippen LogP contribution in [0, 0.1) is 5.82 Å². The lowest BCUT2D eigenvalue weighted by Gasteiger charge is -2.07. The molecule has 0 atom stereocenters. The number of aryl methyl sites for hydroxylation is 1. The van der Waals surface area contributed by atoms with Crippen molar-refractivity contribution < 1.29 is 30.9 Å². The Labute approximate surface area is 180 Å². The van der Waals surface area contributed by atoms with E-state index in [9.17, 15) is 17.6 Å². The summed E-state index contributed by atoms with van der Waals surface area (Å²) in [6, 6.07) is 9.06. The van der Waals surface area contributed by atoms with Gasteiger partial charge in [-0.1, -0.05) is 0 Å². The van der Waals surface area contributed by atoms with Crippen molar-refractivity contribution in [3.8, 4) is 11.3 Å². The molecular formula is C22H24FNO6S. The predicted molar refractivity (Wildman–Crippen MR) is 116 cm³/mol. The molecule has 0 spiro atoms. The molecule has 9 heteroatoms. The van der Waals surface area contributed by atoms with Crippen molar-refractivity contribution in [2.75, 3.05) is 25.2 Å². The number of halogens is 1. The minimum Gasteiger partial charge on any atom is -0.462 e. The maximum atomic E-state index is 13.4. The number of fused-ring (bicyclic) bond motifs is 1. The molecule has 0 saturated carbocycles. The van der Waals surface area contributed by atoms with E-state index < -0.39 is 21.9 Å². The standard InChI is InChI=1S/C22H24FNO6S/c1-3-28-22(25)20-17-12-15(6-4-5-11-29-31(2,26)27)18(24)13-19(17)30-21(20)14-7-9-16(23)10-8-14/h7-10,12-13H,3-6,11,24H2,1-2H3. The van der Waals surface area contributed by atoms with Crippen molar-refractivity contribution in [3.63, 3.8) is 0 Å². The van der Waals surface area contributed by atoms with E-state index in [1.807, 2.05) is 0 Å². The fourth-order valence-corrected chi connectivity index (χ4v) is 3.68. The average Bonchev–Trinajstić information content (AvgIpc) is 3.05. The second kappa shape index (κ2) is 9.49. The van der Waals surface area contributed by atoms with Crippen molar-refractivity contribution in [2.24, 2.45) is 0 Å². The van der Waals surface area contributed by atoms with Crippen LogP contribution in [-0.2, 0) is 25.5 Å². The van der Waals surface area contributed by atoms with Gasteiger partial charge in [0, 0.05) is 22.7 Å². The molecular weight excluding hydrogens is 425 g/mol. The van der Waals surface area contributed by atoms with Crippen LogP contribution in [0.3, 0.4) is 0 Å². The number of nitrogens with two attached hydrogens (primary N) is 1. The van der Waals surface area contributed by atoms with Gasteiger partial charge in [-0.3, -0.25) is 4.18 Å². The van der Waals surface area contributed by atoms with Crippen molar-refractivity contribution in [1.82, 2.24) is 0 Å². The average molecular weight is 450 g/mol. The summed E-state index contributed by atoms with van der Waals surface area (Å²) in [4.78, 5) is 12.7. The van der Waals surface area contributed by atoms with Gasteiger partial charge in [-0.25, -0.2) is 9.18 Å². The van der Waals surface area contributed by atoms with Crippen LogP contribution in [0.2, 0.25) is 0 Å². The van der Waals surface area contributed by atoms with Crippen LogP contribution in [0.5, 0.6) is 0 Å². The summed E-state index contributed by atoms with van der Waals surface area (Å²) in [6.45, 7) is 1.99. The number of rotatable bonds is 9. The first-order valence-corrected chi connectivity index (χ1v) is 11.6.